The number of hydrogen-bond donors (Lipinski definition) is 2. The largest absolute Gasteiger partial charge is 0.379 e. The molecular formula is C20H30N4O3. The van der Waals surface area contributed by atoms with Gasteiger partial charge in [0.05, 0.1) is 19.3 Å². The Kier molecular flexibility index (Phi) is 7.06. The lowest BCUT2D eigenvalue weighted by atomic mass is 10.1. The van der Waals surface area contributed by atoms with E-state index in [4.69, 9.17) is 4.74 Å². The van der Waals surface area contributed by atoms with Gasteiger partial charge in [0.15, 0.2) is 0 Å². The molecule has 2 unspecified atom stereocenters. The van der Waals surface area contributed by atoms with Crippen LogP contribution in [0.1, 0.15) is 31.4 Å². The van der Waals surface area contributed by atoms with Gasteiger partial charge >= 0.3 is 6.03 Å². The highest BCUT2D eigenvalue weighted by Gasteiger charge is 2.25. The third-order valence-electron chi connectivity index (χ3n) is 5.31. The maximum atomic E-state index is 12.5. The molecule has 2 aliphatic heterocycles. The summed E-state index contributed by atoms with van der Waals surface area (Å²) in [4.78, 5) is 28.7. The molecule has 2 atom stereocenters. The van der Waals surface area contributed by atoms with Gasteiger partial charge in [-0.05, 0) is 18.9 Å². The van der Waals surface area contributed by atoms with Gasteiger partial charge in [0.2, 0.25) is 5.91 Å². The van der Waals surface area contributed by atoms with Crippen molar-refractivity contribution in [2.45, 2.75) is 31.8 Å². The smallest absolute Gasteiger partial charge is 0.315 e. The van der Waals surface area contributed by atoms with Crippen molar-refractivity contribution >= 4 is 11.9 Å². The molecule has 0 bridgehead atoms. The van der Waals surface area contributed by atoms with Crippen molar-refractivity contribution in [2.75, 3.05) is 45.9 Å². The number of amides is 3. The fourth-order valence-corrected chi connectivity index (χ4v) is 3.63. The van der Waals surface area contributed by atoms with E-state index in [0.29, 0.717) is 19.5 Å². The van der Waals surface area contributed by atoms with Crippen LogP contribution in [0.3, 0.4) is 0 Å². The topological polar surface area (TPSA) is 73.9 Å². The number of nitrogens with zero attached hydrogens (tertiary/aromatic N) is 2. The van der Waals surface area contributed by atoms with Crippen LogP contribution in [0.25, 0.3) is 0 Å². The highest BCUT2D eigenvalue weighted by Crippen LogP contribution is 2.18. The molecule has 0 radical (unpaired) electrons. The summed E-state index contributed by atoms with van der Waals surface area (Å²) in [6.45, 7) is 7.25. The number of ether oxygens (including phenoxy) is 1. The number of benzene rings is 1. The molecule has 2 aliphatic rings. The first-order valence-electron chi connectivity index (χ1n) is 9.82. The summed E-state index contributed by atoms with van der Waals surface area (Å²) in [6, 6.07) is 9.68. The lowest BCUT2D eigenvalue weighted by Gasteiger charge is -2.32. The van der Waals surface area contributed by atoms with E-state index < -0.39 is 0 Å². The van der Waals surface area contributed by atoms with Crippen molar-refractivity contribution in [3.8, 4) is 0 Å². The maximum absolute atomic E-state index is 12.5. The van der Waals surface area contributed by atoms with Crippen LogP contribution in [0.5, 0.6) is 0 Å². The van der Waals surface area contributed by atoms with E-state index in [1.807, 2.05) is 35.2 Å². The van der Waals surface area contributed by atoms with Gasteiger partial charge in [0, 0.05) is 45.2 Å². The average Bonchev–Trinajstić information content (AvgIpc) is 3.11. The van der Waals surface area contributed by atoms with Gasteiger partial charge in [-0.3, -0.25) is 9.69 Å². The van der Waals surface area contributed by atoms with Gasteiger partial charge in [0.1, 0.15) is 0 Å². The van der Waals surface area contributed by atoms with E-state index in [0.717, 1.165) is 44.8 Å². The van der Waals surface area contributed by atoms with E-state index in [9.17, 15) is 9.59 Å². The average molecular weight is 374 g/mol. The van der Waals surface area contributed by atoms with Gasteiger partial charge in [-0.1, -0.05) is 30.3 Å². The molecule has 0 spiro atoms. The monoisotopic (exact) mass is 374 g/mol. The Bertz CT molecular complexity index is 619. The van der Waals surface area contributed by atoms with Crippen LogP contribution in [0.2, 0.25) is 0 Å². The summed E-state index contributed by atoms with van der Waals surface area (Å²) in [5, 5.41) is 6.03. The lowest BCUT2D eigenvalue weighted by molar-refractivity contribution is -0.128. The van der Waals surface area contributed by atoms with Crippen LogP contribution in [0.15, 0.2) is 30.3 Å². The minimum Gasteiger partial charge on any atom is -0.379 e. The second kappa shape index (κ2) is 9.71. The summed E-state index contributed by atoms with van der Waals surface area (Å²) in [5.41, 5.74) is 1.01. The summed E-state index contributed by atoms with van der Waals surface area (Å²) in [7, 11) is 0. The minimum absolute atomic E-state index is 0.166. The fraction of sp³-hybridized carbons (Fsp3) is 0.600. The van der Waals surface area contributed by atoms with E-state index in [-0.39, 0.29) is 24.0 Å². The Morgan fingerprint density at radius 3 is 2.59 bits per heavy atom. The normalized spacial score (nSPS) is 20.3. The van der Waals surface area contributed by atoms with Crippen LogP contribution in [-0.2, 0) is 9.53 Å². The number of nitrogens with one attached hydrogen (secondary N) is 2. The fourth-order valence-electron chi connectivity index (χ4n) is 3.63. The first-order chi connectivity index (χ1) is 13.1. The van der Waals surface area contributed by atoms with Crippen LogP contribution >= 0.6 is 0 Å². The number of likely N-dealkylation sites (tertiary alicyclic amines) is 1. The van der Waals surface area contributed by atoms with Crippen molar-refractivity contribution in [3.05, 3.63) is 35.9 Å². The van der Waals surface area contributed by atoms with Gasteiger partial charge in [-0.25, -0.2) is 4.79 Å². The van der Waals surface area contributed by atoms with E-state index in [1.165, 1.54) is 0 Å². The van der Waals surface area contributed by atoms with Crippen LogP contribution in [0.4, 0.5) is 4.79 Å². The van der Waals surface area contributed by atoms with E-state index in [2.05, 4.69) is 22.5 Å². The summed E-state index contributed by atoms with van der Waals surface area (Å²) < 4.78 is 5.38. The number of morpholine rings is 1. The van der Waals surface area contributed by atoms with Gasteiger partial charge in [0.25, 0.3) is 0 Å². The Balaban J connectivity index is 1.54. The predicted octanol–water partition coefficient (Wildman–Crippen LogP) is 1.37. The molecule has 0 saturated carbocycles. The maximum Gasteiger partial charge on any atom is 0.315 e. The van der Waals surface area contributed by atoms with Gasteiger partial charge < -0.3 is 20.3 Å². The molecule has 3 amide bonds. The Morgan fingerprint density at radius 2 is 1.93 bits per heavy atom. The van der Waals surface area contributed by atoms with Crippen LogP contribution in [0, 0.1) is 0 Å². The highest BCUT2D eigenvalue weighted by atomic mass is 16.5. The zero-order chi connectivity index (χ0) is 19.1. The zero-order valence-electron chi connectivity index (χ0n) is 16.0. The van der Waals surface area contributed by atoms with E-state index in [1.54, 1.807) is 0 Å². The van der Waals surface area contributed by atoms with Crippen LogP contribution in [-0.4, -0.2) is 73.7 Å². The Hall–Kier alpha value is -2.12. The third kappa shape index (κ3) is 5.68. The van der Waals surface area contributed by atoms with E-state index >= 15 is 0 Å². The number of urea groups is 1. The molecule has 2 N–H and O–H groups in total. The highest BCUT2D eigenvalue weighted by molar-refractivity contribution is 5.78. The molecular weight excluding hydrogens is 344 g/mol. The van der Waals surface area contributed by atoms with Gasteiger partial charge in [-0.2, -0.15) is 0 Å². The quantitative estimate of drug-likeness (QED) is 0.756. The van der Waals surface area contributed by atoms with Crippen LogP contribution < -0.4 is 10.6 Å². The molecule has 148 valence electrons. The lowest BCUT2D eigenvalue weighted by Crippen LogP contribution is -2.50. The first kappa shape index (κ1) is 19.6. The molecule has 0 aliphatic carbocycles. The Morgan fingerprint density at radius 1 is 1.19 bits per heavy atom. The molecule has 7 heteroatoms. The Labute approximate surface area is 161 Å². The second-order valence-electron chi connectivity index (χ2n) is 7.26. The minimum atomic E-state index is -0.216. The molecule has 2 fully saturated rings. The molecule has 0 aromatic heterocycles. The molecule has 2 saturated heterocycles. The molecule has 3 rings (SSSR count). The number of rotatable bonds is 7. The molecule has 7 nitrogen and oxygen atoms in total. The summed E-state index contributed by atoms with van der Waals surface area (Å²) in [5.74, 6) is 0.166. The molecule has 1 aromatic carbocycles. The number of carbonyl (C=O) groups is 2. The zero-order valence-corrected chi connectivity index (χ0v) is 16.0. The van der Waals surface area contributed by atoms with Crippen molar-refractivity contribution in [3.63, 3.8) is 0 Å². The number of carbonyl (C=O) groups excluding carboxylic acids is 2. The number of hydrogen-bond acceptors (Lipinski definition) is 4. The SMILES string of the molecule is CC(CNC(=O)NC(CN1CCCC1=O)c1ccccc1)N1CCOCC1. The van der Waals surface area contributed by atoms with Crippen molar-refractivity contribution in [1.82, 2.24) is 20.4 Å². The van der Waals surface area contributed by atoms with Crippen molar-refractivity contribution in [1.29, 1.82) is 0 Å². The molecule has 1 aromatic rings. The first-order valence-corrected chi connectivity index (χ1v) is 9.82. The van der Waals surface area contributed by atoms with Crippen molar-refractivity contribution in [2.24, 2.45) is 0 Å². The second-order valence-corrected chi connectivity index (χ2v) is 7.26. The molecule has 27 heavy (non-hydrogen) atoms. The third-order valence-corrected chi connectivity index (χ3v) is 5.31. The van der Waals surface area contributed by atoms with Gasteiger partial charge in [-0.15, -0.1) is 0 Å². The van der Waals surface area contributed by atoms with Crippen molar-refractivity contribution < 1.29 is 14.3 Å². The summed E-state index contributed by atoms with van der Waals surface area (Å²) in [6.07, 6.45) is 1.49. The standard InChI is InChI=1S/C20H30N4O3/c1-16(23-10-12-27-13-11-23)14-21-20(26)22-18(17-6-3-2-4-7-17)15-24-9-5-8-19(24)25/h2-4,6-7,16,18H,5,8-15H2,1H3,(H2,21,22,26). The molecule has 2 heterocycles. The predicted molar refractivity (Wildman–Crippen MR) is 103 cm³/mol. The summed E-state index contributed by atoms with van der Waals surface area (Å²) >= 11 is 0.